The number of hydrogen-bond acceptors (Lipinski definition) is 5. The molecule has 0 aliphatic carbocycles. The minimum Gasteiger partial charge on any atom is -0.458 e. The van der Waals surface area contributed by atoms with Gasteiger partial charge in [-0.3, -0.25) is 0 Å². The molecule has 0 saturated carbocycles. The standard InChI is InChI=1S/C16H23BrN2O3/c1-15(2,3)22-13(20)11-21-16(6-9-18-10-7-16)12-5-4-8-19-14(12)17/h4-5,8,18H,6-7,9-11H2,1-3H3. The van der Waals surface area contributed by atoms with Gasteiger partial charge in [-0.25, -0.2) is 9.78 Å². The maximum Gasteiger partial charge on any atom is 0.332 e. The van der Waals surface area contributed by atoms with E-state index >= 15 is 0 Å². The number of nitrogens with zero attached hydrogens (tertiary/aromatic N) is 1. The molecule has 0 atom stereocenters. The number of esters is 1. The quantitative estimate of drug-likeness (QED) is 0.652. The highest BCUT2D eigenvalue weighted by atomic mass is 79.9. The SMILES string of the molecule is CC(C)(C)OC(=O)COC1(c2cccnc2Br)CCNCC1. The fourth-order valence-electron chi connectivity index (χ4n) is 2.62. The molecule has 1 aliphatic heterocycles. The van der Waals surface area contributed by atoms with E-state index in [1.807, 2.05) is 32.9 Å². The van der Waals surface area contributed by atoms with Gasteiger partial charge >= 0.3 is 5.97 Å². The summed E-state index contributed by atoms with van der Waals surface area (Å²) in [4.78, 5) is 16.3. The second kappa shape index (κ2) is 7.06. The molecule has 1 aromatic heterocycles. The molecule has 1 fully saturated rings. The minimum atomic E-state index is -0.505. The van der Waals surface area contributed by atoms with Crippen LogP contribution < -0.4 is 5.32 Å². The number of pyridine rings is 1. The summed E-state index contributed by atoms with van der Waals surface area (Å²) in [5.41, 5.74) is -0.0219. The van der Waals surface area contributed by atoms with Gasteiger partial charge in [0.05, 0.1) is 5.60 Å². The Labute approximate surface area is 139 Å². The van der Waals surface area contributed by atoms with Crippen LogP contribution in [0.25, 0.3) is 0 Å². The third-order valence-electron chi connectivity index (χ3n) is 3.55. The van der Waals surface area contributed by atoms with Crippen molar-refractivity contribution in [1.82, 2.24) is 10.3 Å². The predicted molar refractivity (Wildman–Crippen MR) is 87.5 cm³/mol. The van der Waals surface area contributed by atoms with E-state index in [9.17, 15) is 4.79 Å². The molecule has 1 N–H and O–H groups in total. The van der Waals surface area contributed by atoms with Crippen LogP contribution >= 0.6 is 15.9 Å². The lowest BCUT2D eigenvalue weighted by molar-refractivity contribution is -0.170. The van der Waals surface area contributed by atoms with Crippen LogP contribution in [0.1, 0.15) is 39.2 Å². The van der Waals surface area contributed by atoms with Crippen LogP contribution in [0, 0.1) is 0 Å². The number of nitrogens with one attached hydrogen (secondary N) is 1. The molecule has 122 valence electrons. The van der Waals surface area contributed by atoms with Crippen molar-refractivity contribution >= 4 is 21.9 Å². The average molecular weight is 371 g/mol. The van der Waals surface area contributed by atoms with Crippen LogP contribution in [-0.4, -0.2) is 36.3 Å². The van der Waals surface area contributed by atoms with E-state index in [1.165, 1.54) is 0 Å². The number of aromatic nitrogens is 1. The van der Waals surface area contributed by atoms with E-state index < -0.39 is 11.2 Å². The molecule has 5 nitrogen and oxygen atoms in total. The van der Waals surface area contributed by atoms with Crippen molar-refractivity contribution < 1.29 is 14.3 Å². The highest BCUT2D eigenvalue weighted by molar-refractivity contribution is 9.10. The van der Waals surface area contributed by atoms with Crippen LogP contribution in [0.15, 0.2) is 22.9 Å². The molecular weight excluding hydrogens is 348 g/mol. The molecule has 6 heteroatoms. The van der Waals surface area contributed by atoms with Gasteiger partial charge in [0.25, 0.3) is 0 Å². The van der Waals surface area contributed by atoms with Gasteiger partial charge in [0.1, 0.15) is 16.8 Å². The highest BCUT2D eigenvalue weighted by Gasteiger charge is 2.37. The Balaban J connectivity index is 2.13. The summed E-state index contributed by atoms with van der Waals surface area (Å²) in [6.07, 6.45) is 3.32. The van der Waals surface area contributed by atoms with Crippen molar-refractivity contribution in [3.8, 4) is 0 Å². The second-order valence-corrected chi connectivity index (χ2v) is 7.21. The van der Waals surface area contributed by atoms with Gasteiger partial charge in [0.2, 0.25) is 0 Å². The Hall–Kier alpha value is -0.980. The maximum absolute atomic E-state index is 12.0. The molecule has 0 bridgehead atoms. The largest absolute Gasteiger partial charge is 0.458 e. The summed E-state index contributed by atoms with van der Waals surface area (Å²) in [6, 6.07) is 3.89. The van der Waals surface area contributed by atoms with Crippen molar-refractivity contribution in [1.29, 1.82) is 0 Å². The van der Waals surface area contributed by atoms with Gasteiger partial charge in [-0.1, -0.05) is 6.07 Å². The summed E-state index contributed by atoms with van der Waals surface area (Å²) in [5.74, 6) is -0.342. The van der Waals surface area contributed by atoms with Crippen LogP contribution in [0.5, 0.6) is 0 Å². The zero-order valence-electron chi connectivity index (χ0n) is 13.3. The molecule has 2 heterocycles. The van der Waals surface area contributed by atoms with Gasteiger partial charge in [-0.05, 0) is 68.7 Å². The highest BCUT2D eigenvalue weighted by Crippen LogP contribution is 2.38. The Morgan fingerprint density at radius 1 is 1.41 bits per heavy atom. The monoisotopic (exact) mass is 370 g/mol. The molecule has 2 rings (SSSR count). The molecule has 1 aromatic rings. The number of carbonyl (C=O) groups excluding carboxylic acids is 1. The smallest absolute Gasteiger partial charge is 0.332 e. The summed E-state index contributed by atoms with van der Waals surface area (Å²) >= 11 is 3.50. The molecule has 0 aromatic carbocycles. The van der Waals surface area contributed by atoms with Crippen LogP contribution in [-0.2, 0) is 19.9 Å². The summed E-state index contributed by atoms with van der Waals surface area (Å²) < 4.78 is 12.2. The normalized spacial score (nSPS) is 18.0. The van der Waals surface area contributed by atoms with Crippen molar-refractivity contribution in [2.45, 2.75) is 44.8 Å². The number of piperidine rings is 1. The number of halogens is 1. The Kier molecular flexibility index (Phi) is 5.58. The number of hydrogen-bond donors (Lipinski definition) is 1. The number of carbonyl (C=O) groups is 1. The van der Waals surface area contributed by atoms with E-state index in [0.717, 1.165) is 36.1 Å². The van der Waals surface area contributed by atoms with Crippen molar-refractivity contribution in [2.24, 2.45) is 0 Å². The van der Waals surface area contributed by atoms with Crippen LogP contribution in [0.4, 0.5) is 0 Å². The number of ether oxygens (including phenoxy) is 2. The number of rotatable bonds is 4. The van der Waals surface area contributed by atoms with Gasteiger partial charge in [-0.2, -0.15) is 0 Å². The first kappa shape index (κ1) is 17.4. The lowest BCUT2D eigenvalue weighted by atomic mass is 9.85. The second-order valence-electron chi connectivity index (χ2n) is 6.46. The molecule has 0 radical (unpaired) electrons. The molecule has 22 heavy (non-hydrogen) atoms. The fraction of sp³-hybridized carbons (Fsp3) is 0.625. The van der Waals surface area contributed by atoms with Gasteiger partial charge in [-0.15, -0.1) is 0 Å². The Bertz CT molecular complexity index is 522. The fourth-order valence-corrected chi connectivity index (χ4v) is 3.23. The molecule has 0 spiro atoms. The van der Waals surface area contributed by atoms with Crippen LogP contribution in [0.3, 0.4) is 0 Å². The van der Waals surface area contributed by atoms with E-state index in [4.69, 9.17) is 9.47 Å². The van der Waals surface area contributed by atoms with Gasteiger partial charge in [0, 0.05) is 11.8 Å². The molecule has 1 saturated heterocycles. The first-order chi connectivity index (χ1) is 10.3. The van der Waals surface area contributed by atoms with E-state index in [-0.39, 0.29) is 12.6 Å². The third kappa shape index (κ3) is 4.51. The average Bonchev–Trinajstić information content (AvgIpc) is 2.45. The van der Waals surface area contributed by atoms with Gasteiger partial charge < -0.3 is 14.8 Å². The summed E-state index contributed by atoms with van der Waals surface area (Å²) in [6.45, 7) is 7.18. The molecule has 0 unspecified atom stereocenters. The topological polar surface area (TPSA) is 60.5 Å². The summed E-state index contributed by atoms with van der Waals surface area (Å²) in [7, 11) is 0. The predicted octanol–water partition coefficient (Wildman–Crippen LogP) is 2.78. The lowest BCUT2D eigenvalue weighted by Crippen LogP contribution is -2.43. The summed E-state index contributed by atoms with van der Waals surface area (Å²) in [5, 5.41) is 3.32. The Morgan fingerprint density at radius 2 is 2.09 bits per heavy atom. The Morgan fingerprint density at radius 3 is 2.68 bits per heavy atom. The van der Waals surface area contributed by atoms with Crippen LogP contribution in [0.2, 0.25) is 0 Å². The zero-order valence-corrected chi connectivity index (χ0v) is 14.9. The lowest BCUT2D eigenvalue weighted by Gasteiger charge is -2.38. The molecule has 0 amide bonds. The van der Waals surface area contributed by atoms with Crippen molar-refractivity contribution in [3.63, 3.8) is 0 Å². The third-order valence-corrected chi connectivity index (χ3v) is 4.18. The maximum atomic E-state index is 12.0. The molecule has 1 aliphatic rings. The van der Waals surface area contributed by atoms with Crippen molar-refractivity contribution in [2.75, 3.05) is 19.7 Å². The first-order valence-electron chi connectivity index (χ1n) is 7.50. The van der Waals surface area contributed by atoms with E-state index in [0.29, 0.717) is 0 Å². The van der Waals surface area contributed by atoms with E-state index in [1.54, 1.807) is 6.20 Å². The van der Waals surface area contributed by atoms with Crippen molar-refractivity contribution in [3.05, 3.63) is 28.5 Å². The first-order valence-corrected chi connectivity index (χ1v) is 8.29. The van der Waals surface area contributed by atoms with E-state index in [2.05, 4.69) is 26.2 Å². The van der Waals surface area contributed by atoms with Gasteiger partial charge in [0.15, 0.2) is 0 Å². The minimum absolute atomic E-state index is 0.0569. The zero-order chi connectivity index (χ0) is 16.2. The molecular formula is C16H23BrN2O3.